The van der Waals surface area contributed by atoms with E-state index in [1.807, 2.05) is 30.3 Å². The molecule has 12 heteroatoms. The number of hydrogen-bond acceptors (Lipinski definition) is 8. The van der Waals surface area contributed by atoms with Gasteiger partial charge in [0.05, 0.1) is 18.1 Å². The van der Waals surface area contributed by atoms with Crippen molar-refractivity contribution < 1.29 is 23.9 Å². The van der Waals surface area contributed by atoms with Crippen molar-refractivity contribution in [1.29, 1.82) is 0 Å². The smallest absolute Gasteiger partial charge is 0.243 e. The molecule has 0 bridgehead atoms. The molecule has 1 aliphatic carbocycles. The molecule has 1 aromatic heterocycles. The molecule has 1 saturated carbocycles. The first-order valence-electron chi connectivity index (χ1n) is 12.9. The fraction of sp³-hybridized carbons (Fsp3) is 0.538. The average Bonchev–Trinajstić information content (AvgIpc) is 3.55. The third-order valence-electron chi connectivity index (χ3n) is 7.08. The molecule has 2 fully saturated rings. The Morgan fingerprint density at radius 3 is 2.74 bits per heavy atom. The zero-order chi connectivity index (χ0) is 27.1. The SMILES string of the molecule is CC1(O)CCN(c2nc(Cl)nc(NNC(=O)[C@@H](CC3CCCC3)CN(C=O)OCc3ccccc3)c2F)C1. The van der Waals surface area contributed by atoms with Gasteiger partial charge >= 0.3 is 0 Å². The maximum atomic E-state index is 15.3. The Morgan fingerprint density at radius 2 is 2.08 bits per heavy atom. The lowest BCUT2D eigenvalue weighted by Crippen LogP contribution is -2.42. The van der Waals surface area contributed by atoms with E-state index in [9.17, 15) is 14.7 Å². The number of aromatic nitrogens is 2. The number of β-amino-alcohol motifs (C(OH)–C–C–N with tert-alkyl or cyclic N) is 1. The summed E-state index contributed by atoms with van der Waals surface area (Å²) in [7, 11) is 0. The summed E-state index contributed by atoms with van der Waals surface area (Å²) in [5.74, 6) is -1.80. The van der Waals surface area contributed by atoms with E-state index in [0.717, 1.165) is 36.3 Å². The Balaban J connectivity index is 1.42. The summed E-state index contributed by atoms with van der Waals surface area (Å²) >= 11 is 6.04. The summed E-state index contributed by atoms with van der Waals surface area (Å²) in [4.78, 5) is 40.1. The average molecular weight is 549 g/mol. The second-order valence-corrected chi connectivity index (χ2v) is 10.6. The van der Waals surface area contributed by atoms with Gasteiger partial charge in [0.15, 0.2) is 11.6 Å². The fourth-order valence-electron chi connectivity index (χ4n) is 5.04. The minimum absolute atomic E-state index is 0.0431. The second kappa shape index (κ2) is 12.7. The monoisotopic (exact) mass is 548 g/mol. The lowest BCUT2D eigenvalue weighted by molar-refractivity contribution is -0.182. The van der Waals surface area contributed by atoms with Crippen LogP contribution in [-0.2, 0) is 21.0 Å². The quantitative estimate of drug-likeness (QED) is 0.209. The number of carbonyl (C=O) groups excluding carboxylic acids is 2. The highest BCUT2D eigenvalue weighted by Crippen LogP contribution is 2.32. The van der Waals surface area contributed by atoms with Crippen molar-refractivity contribution in [2.24, 2.45) is 11.8 Å². The van der Waals surface area contributed by atoms with Gasteiger partial charge in [0, 0.05) is 13.1 Å². The summed E-state index contributed by atoms with van der Waals surface area (Å²) < 4.78 is 15.3. The van der Waals surface area contributed by atoms with Crippen molar-refractivity contribution in [2.45, 2.75) is 57.7 Å². The fourth-order valence-corrected chi connectivity index (χ4v) is 5.20. The lowest BCUT2D eigenvalue weighted by Gasteiger charge is -2.25. The van der Waals surface area contributed by atoms with E-state index in [2.05, 4.69) is 20.8 Å². The Morgan fingerprint density at radius 1 is 1.34 bits per heavy atom. The molecule has 2 heterocycles. The maximum absolute atomic E-state index is 15.3. The molecule has 4 rings (SSSR count). The third kappa shape index (κ3) is 7.52. The first-order valence-corrected chi connectivity index (χ1v) is 13.3. The molecule has 1 aromatic carbocycles. The third-order valence-corrected chi connectivity index (χ3v) is 7.25. The van der Waals surface area contributed by atoms with Crippen LogP contribution in [0.2, 0.25) is 5.28 Å². The highest BCUT2D eigenvalue weighted by atomic mass is 35.5. The van der Waals surface area contributed by atoms with Crippen molar-refractivity contribution in [2.75, 3.05) is 30.0 Å². The van der Waals surface area contributed by atoms with Gasteiger partial charge in [-0.3, -0.25) is 25.3 Å². The van der Waals surface area contributed by atoms with E-state index in [1.165, 1.54) is 0 Å². The van der Waals surface area contributed by atoms with Crippen LogP contribution in [0.1, 0.15) is 51.0 Å². The predicted molar refractivity (Wildman–Crippen MR) is 140 cm³/mol. The molecule has 2 aromatic rings. The van der Waals surface area contributed by atoms with Gasteiger partial charge < -0.3 is 10.0 Å². The molecule has 2 amide bonds. The van der Waals surface area contributed by atoms with Crippen molar-refractivity contribution in [3.8, 4) is 0 Å². The Hall–Kier alpha value is -3.02. The largest absolute Gasteiger partial charge is 0.388 e. The summed E-state index contributed by atoms with van der Waals surface area (Å²) in [5, 5.41) is 11.2. The minimum Gasteiger partial charge on any atom is -0.388 e. The van der Waals surface area contributed by atoms with Crippen molar-refractivity contribution in [1.82, 2.24) is 20.5 Å². The van der Waals surface area contributed by atoms with Gasteiger partial charge in [-0.05, 0) is 42.8 Å². The zero-order valence-electron chi connectivity index (χ0n) is 21.4. The topological polar surface area (TPSA) is 120 Å². The van der Waals surface area contributed by atoms with Crippen molar-refractivity contribution in [3.63, 3.8) is 0 Å². The zero-order valence-corrected chi connectivity index (χ0v) is 22.2. The van der Waals surface area contributed by atoms with Crippen LogP contribution in [0, 0.1) is 17.7 Å². The van der Waals surface area contributed by atoms with E-state index in [-0.39, 0.29) is 36.6 Å². The van der Waals surface area contributed by atoms with Gasteiger partial charge in [0.1, 0.15) is 6.61 Å². The molecule has 38 heavy (non-hydrogen) atoms. The van der Waals surface area contributed by atoms with E-state index in [4.69, 9.17) is 16.4 Å². The van der Waals surface area contributed by atoms with Crippen molar-refractivity contribution in [3.05, 3.63) is 47.0 Å². The Labute approximate surface area is 226 Å². The van der Waals surface area contributed by atoms with Gasteiger partial charge in [-0.25, -0.2) is 5.06 Å². The number of amides is 2. The molecule has 2 aliphatic rings. The van der Waals surface area contributed by atoms with Crippen LogP contribution in [0.3, 0.4) is 0 Å². The molecule has 1 aliphatic heterocycles. The second-order valence-electron chi connectivity index (χ2n) is 10.3. The number of hydroxylamine groups is 2. The summed E-state index contributed by atoms with van der Waals surface area (Å²) in [6.07, 6.45) is 5.83. The van der Waals surface area contributed by atoms with E-state index < -0.39 is 23.2 Å². The number of halogens is 2. The normalized spacial score (nSPS) is 20.4. The van der Waals surface area contributed by atoms with Crippen LogP contribution in [0.25, 0.3) is 0 Å². The number of carbonyl (C=O) groups is 2. The highest BCUT2D eigenvalue weighted by Gasteiger charge is 2.34. The first kappa shape index (κ1) is 28.0. The van der Waals surface area contributed by atoms with E-state index >= 15 is 4.39 Å². The standard InChI is InChI=1S/C26H34ClFN6O4/c1-26(37)11-12-33(16-26)23-21(28)22(29-25(27)30-23)31-32-24(36)20(13-18-7-5-6-8-18)14-34(17-35)38-15-19-9-3-2-4-10-19/h2-4,9-10,17-18,20,37H,5-8,11-16H2,1H3,(H,32,36)(H,29,30,31)/t20-,26?/m0/s1. The van der Waals surface area contributed by atoms with Gasteiger partial charge in [-0.2, -0.15) is 14.4 Å². The molecule has 1 unspecified atom stereocenters. The number of rotatable bonds is 12. The Bertz CT molecular complexity index is 1100. The van der Waals surface area contributed by atoms with Crippen LogP contribution < -0.4 is 15.8 Å². The number of nitrogens with one attached hydrogen (secondary N) is 2. The van der Waals surface area contributed by atoms with Gasteiger partial charge in [-0.1, -0.05) is 56.0 Å². The Kier molecular flexibility index (Phi) is 9.35. The maximum Gasteiger partial charge on any atom is 0.243 e. The molecular weight excluding hydrogens is 515 g/mol. The van der Waals surface area contributed by atoms with E-state index in [0.29, 0.717) is 31.7 Å². The predicted octanol–water partition coefficient (Wildman–Crippen LogP) is 3.46. The molecule has 206 valence electrons. The van der Waals surface area contributed by atoms with Gasteiger partial charge in [0.2, 0.25) is 23.4 Å². The molecule has 0 radical (unpaired) electrons. The minimum atomic E-state index is -0.966. The van der Waals surface area contributed by atoms with Crippen LogP contribution in [0.4, 0.5) is 16.0 Å². The van der Waals surface area contributed by atoms with Crippen LogP contribution in [0.5, 0.6) is 0 Å². The number of anilines is 2. The first-order chi connectivity index (χ1) is 18.2. The summed E-state index contributed by atoms with van der Waals surface area (Å²) in [6, 6.07) is 9.41. The number of aliphatic hydroxyl groups is 1. The molecule has 1 saturated heterocycles. The number of benzene rings is 1. The van der Waals surface area contributed by atoms with Crippen LogP contribution >= 0.6 is 11.6 Å². The van der Waals surface area contributed by atoms with Gasteiger partial charge in [-0.15, -0.1) is 0 Å². The van der Waals surface area contributed by atoms with Crippen LogP contribution in [-0.4, -0.2) is 57.7 Å². The number of hydrogen-bond donors (Lipinski definition) is 3. The molecule has 0 spiro atoms. The van der Waals surface area contributed by atoms with Crippen LogP contribution in [0.15, 0.2) is 30.3 Å². The summed E-state index contributed by atoms with van der Waals surface area (Å²) in [5.41, 5.74) is 5.01. The lowest BCUT2D eigenvalue weighted by atomic mass is 9.92. The molecule has 2 atom stereocenters. The number of hydrazine groups is 1. The van der Waals surface area contributed by atoms with Crippen molar-refractivity contribution >= 4 is 35.6 Å². The number of nitrogens with zero attached hydrogens (tertiary/aromatic N) is 4. The summed E-state index contributed by atoms with van der Waals surface area (Å²) in [6.45, 7) is 2.49. The molecular formula is C26H34ClFN6O4. The van der Waals surface area contributed by atoms with E-state index in [1.54, 1.807) is 11.8 Å². The molecule has 3 N–H and O–H groups in total. The van der Waals surface area contributed by atoms with Gasteiger partial charge in [0.25, 0.3) is 0 Å². The molecule has 10 nitrogen and oxygen atoms in total. The highest BCUT2D eigenvalue weighted by molar-refractivity contribution is 6.28.